The van der Waals surface area contributed by atoms with Crippen LogP contribution in [-0.2, 0) is 6.18 Å². The summed E-state index contributed by atoms with van der Waals surface area (Å²) in [6, 6.07) is 26.7. The average molecular weight is 531 g/mol. The highest BCUT2D eigenvalue weighted by Crippen LogP contribution is 2.38. The molecule has 5 rings (SSSR count). The van der Waals surface area contributed by atoms with E-state index in [-0.39, 0.29) is 22.3 Å². The van der Waals surface area contributed by atoms with Crippen LogP contribution in [0.2, 0.25) is 0 Å². The van der Waals surface area contributed by atoms with Crippen LogP contribution in [0.25, 0.3) is 22.1 Å². The number of ether oxygens (including phenoxy) is 2. The van der Waals surface area contributed by atoms with Gasteiger partial charge in [0.05, 0.1) is 29.4 Å². The summed E-state index contributed by atoms with van der Waals surface area (Å²) in [5.74, 6) is -1.13. The maximum absolute atomic E-state index is 14.0. The summed E-state index contributed by atoms with van der Waals surface area (Å²) in [5.41, 5.74) is -0.811. The lowest BCUT2D eigenvalue weighted by molar-refractivity contribution is -0.152. The summed E-state index contributed by atoms with van der Waals surface area (Å²) in [6.45, 7) is 0. The van der Waals surface area contributed by atoms with Crippen LogP contribution in [0.15, 0.2) is 112 Å². The van der Waals surface area contributed by atoms with Crippen molar-refractivity contribution in [1.82, 2.24) is 0 Å². The lowest BCUT2D eigenvalue weighted by Gasteiger charge is -2.22. The van der Waals surface area contributed by atoms with E-state index in [1.807, 2.05) is 0 Å². The van der Waals surface area contributed by atoms with Gasteiger partial charge in [0.2, 0.25) is 11.2 Å². The molecule has 1 heterocycles. The van der Waals surface area contributed by atoms with E-state index in [1.165, 1.54) is 48.4 Å². The van der Waals surface area contributed by atoms with Crippen molar-refractivity contribution in [1.29, 1.82) is 0 Å². The second-order valence-corrected chi connectivity index (χ2v) is 8.39. The van der Waals surface area contributed by atoms with E-state index in [4.69, 9.17) is 13.9 Å². The molecule has 0 fully saturated rings. The molecule has 4 aromatic carbocycles. The van der Waals surface area contributed by atoms with Gasteiger partial charge in [0.15, 0.2) is 0 Å². The fourth-order valence-electron chi connectivity index (χ4n) is 4.12. The summed E-state index contributed by atoms with van der Waals surface area (Å²) in [5, 5.41) is -0.100. The number of carbonyl (C=O) groups excluding carboxylic acids is 1. The Morgan fingerprint density at radius 3 is 1.90 bits per heavy atom. The molecule has 6 nitrogen and oxygen atoms in total. The third kappa shape index (κ3) is 5.19. The lowest BCUT2D eigenvalue weighted by atomic mass is 10.0. The fraction of sp³-hybridized carbons (Fsp3) is 0.0667. The molecule has 1 aromatic heterocycles. The number of hydrogen-bond donors (Lipinski definition) is 0. The Bertz CT molecular complexity index is 1640. The highest BCUT2D eigenvalue weighted by molar-refractivity contribution is 5.97. The van der Waals surface area contributed by atoms with E-state index in [0.29, 0.717) is 17.1 Å². The van der Waals surface area contributed by atoms with Crippen molar-refractivity contribution in [3.05, 3.63) is 119 Å². The molecule has 196 valence electrons. The van der Waals surface area contributed by atoms with Gasteiger partial charge in [-0.05, 0) is 54.1 Å². The first kappa shape index (κ1) is 25.6. The van der Waals surface area contributed by atoms with Crippen LogP contribution in [0.5, 0.6) is 11.5 Å². The molecule has 0 atom stereocenters. The molecule has 0 unspecified atom stereocenters. The van der Waals surface area contributed by atoms with Crippen molar-refractivity contribution in [3.63, 3.8) is 0 Å². The Kier molecular flexibility index (Phi) is 6.81. The maximum atomic E-state index is 14.0. The van der Waals surface area contributed by atoms with Gasteiger partial charge in [0.1, 0.15) is 17.1 Å². The normalized spacial score (nSPS) is 11.3. The highest BCUT2D eigenvalue weighted by atomic mass is 19.4. The maximum Gasteiger partial charge on any atom is 0.450 e. The molecule has 0 aliphatic heterocycles. The summed E-state index contributed by atoms with van der Waals surface area (Å²) < 4.78 is 57.9. The number of amides is 1. The number of anilines is 2. The van der Waals surface area contributed by atoms with Crippen molar-refractivity contribution in [2.75, 3.05) is 12.0 Å². The Morgan fingerprint density at radius 1 is 0.795 bits per heavy atom. The van der Waals surface area contributed by atoms with Crippen molar-refractivity contribution in [3.8, 4) is 22.6 Å². The SMILES string of the molecule is COc1ccc(-c2c(C(F)(F)F)oc3cc(OC(=O)N(c4ccccc4)c4ccccc4)ccc3c2=O)cc1. The minimum absolute atomic E-state index is 0.0237. The molecule has 0 aliphatic rings. The van der Waals surface area contributed by atoms with Crippen molar-refractivity contribution >= 4 is 28.4 Å². The minimum atomic E-state index is -4.97. The van der Waals surface area contributed by atoms with Gasteiger partial charge in [-0.3, -0.25) is 4.79 Å². The Morgan fingerprint density at radius 2 is 1.36 bits per heavy atom. The van der Waals surface area contributed by atoms with Gasteiger partial charge in [-0.25, -0.2) is 9.69 Å². The Balaban J connectivity index is 1.56. The van der Waals surface area contributed by atoms with Crippen LogP contribution in [0.4, 0.5) is 29.3 Å². The van der Waals surface area contributed by atoms with Crippen molar-refractivity contribution < 1.29 is 31.9 Å². The predicted molar refractivity (Wildman–Crippen MR) is 141 cm³/mol. The topological polar surface area (TPSA) is 69.0 Å². The first-order chi connectivity index (χ1) is 18.8. The van der Waals surface area contributed by atoms with Gasteiger partial charge in [-0.15, -0.1) is 0 Å². The highest BCUT2D eigenvalue weighted by Gasteiger charge is 2.39. The molecular weight excluding hydrogens is 511 g/mol. The molecule has 1 amide bonds. The molecule has 9 heteroatoms. The second-order valence-electron chi connectivity index (χ2n) is 8.39. The van der Waals surface area contributed by atoms with Crippen molar-refractivity contribution in [2.45, 2.75) is 6.18 Å². The zero-order chi connectivity index (χ0) is 27.6. The molecule has 0 N–H and O–H groups in total. The smallest absolute Gasteiger partial charge is 0.450 e. The van der Waals surface area contributed by atoms with Crippen LogP contribution in [0, 0.1) is 0 Å². The van der Waals surface area contributed by atoms with Crippen LogP contribution in [0.3, 0.4) is 0 Å². The first-order valence-corrected chi connectivity index (χ1v) is 11.7. The molecule has 39 heavy (non-hydrogen) atoms. The Hall–Kier alpha value is -5.05. The van der Waals surface area contributed by atoms with E-state index in [2.05, 4.69) is 0 Å². The molecule has 5 aromatic rings. The van der Waals surface area contributed by atoms with Crippen LogP contribution in [0.1, 0.15) is 5.76 Å². The van der Waals surface area contributed by atoms with Gasteiger partial charge >= 0.3 is 12.3 Å². The number of halogens is 3. The number of methoxy groups -OCH3 is 1. The summed E-state index contributed by atoms with van der Waals surface area (Å²) in [7, 11) is 1.42. The number of para-hydroxylation sites is 2. The molecule has 0 saturated carbocycles. The van der Waals surface area contributed by atoms with Crippen LogP contribution in [-0.4, -0.2) is 13.2 Å². The van der Waals surface area contributed by atoms with Crippen molar-refractivity contribution in [2.24, 2.45) is 0 Å². The summed E-state index contributed by atoms with van der Waals surface area (Å²) >= 11 is 0. The second kappa shape index (κ2) is 10.4. The average Bonchev–Trinajstić information content (AvgIpc) is 2.94. The van der Waals surface area contributed by atoms with Gasteiger partial charge in [-0.2, -0.15) is 13.2 Å². The molecule has 0 radical (unpaired) electrons. The monoisotopic (exact) mass is 531 g/mol. The van der Waals surface area contributed by atoms with Gasteiger partial charge < -0.3 is 13.9 Å². The van der Waals surface area contributed by atoms with Crippen LogP contribution >= 0.6 is 0 Å². The zero-order valence-corrected chi connectivity index (χ0v) is 20.4. The quantitative estimate of drug-likeness (QED) is 0.231. The number of alkyl halides is 3. The van der Waals surface area contributed by atoms with Gasteiger partial charge in [0.25, 0.3) is 0 Å². The molecule has 0 bridgehead atoms. The Labute approximate surface area is 220 Å². The third-order valence-electron chi connectivity index (χ3n) is 5.92. The number of nitrogens with zero attached hydrogens (tertiary/aromatic N) is 1. The minimum Gasteiger partial charge on any atom is -0.497 e. The first-order valence-electron chi connectivity index (χ1n) is 11.7. The molecule has 0 spiro atoms. The zero-order valence-electron chi connectivity index (χ0n) is 20.4. The van der Waals surface area contributed by atoms with Gasteiger partial charge in [0, 0.05) is 6.07 Å². The van der Waals surface area contributed by atoms with Gasteiger partial charge in [-0.1, -0.05) is 48.5 Å². The largest absolute Gasteiger partial charge is 0.497 e. The third-order valence-corrected chi connectivity index (χ3v) is 5.92. The fourth-order valence-corrected chi connectivity index (χ4v) is 4.12. The number of fused-ring (bicyclic) bond motifs is 1. The number of benzene rings is 4. The van der Waals surface area contributed by atoms with E-state index in [1.54, 1.807) is 60.7 Å². The molecule has 0 saturated heterocycles. The number of carbonyl (C=O) groups is 1. The summed E-state index contributed by atoms with van der Waals surface area (Å²) in [6.07, 6.45) is -5.77. The van der Waals surface area contributed by atoms with E-state index in [0.717, 1.165) is 6.07 Å². The lowest BCUT2D eigenvalue weighted by Crippen LogP contribution is -2.29. The number of rotatable bonds is 5. The number of hydrogen-bond acceptors (Lipinski definition) is 5. The van der Waals surface area contributed by atoms with E-state index in [9.17, 15) is 22.8 Å². The standard InChI is InChI=1S/C30H20F3NO5/c1-37-22-14-12-19(13-15-22)26-27(35)24-17-16-23(18-25(24)39-28(26)30(31,32)33)38-29(36)34(20-8-4-2-5-9-20)21-10-6-3-7-11-21/h2-18H,1H3. The molecule has 0 aliphatic carbocycles. The van der Waals surface area contributed by atoms with Crippen LogP contribution < -0.4 is 19.8 Å². The molecular formula is C30H20F3NO5. The predicted octanol–water partition coefficient (Wildman–Crippen LogP) is 7.82. The van der Waals surface area contributed by atoms with E-state index >= 15 is 0 Å². The van der Waals surface area contributed by atoms with E-state index < -0.39 is 29.0 Å². The summed E-state index contributed by atoms with van der Waals surface area (Å²) in [4.78, 5) is 27.8.